The molecule has 84 heavy (non-hydrogen) atoms. The summed E-state index contributed by atoms with van der Waals surface area (Å²) in [4.78, 5) is 71.1. The molecule has 0 radical (unpaired) electrons. The fourth-order valence-corrected chi connectivity index (χ4v) is 8.15. The van der Waals surface area contributed by atoms with Gasteiger partial charge in [0.25, 0.3) is 17.7 Å². The molecule has 15 nitrogen and oxygen atoms in total. The molecule has 0 saturated heterocycles. The van der Waals surface area contributed by atoms with Crippen LogP contribution in [0.15, 0.2) is 206 Å². The van der Waals surface area contributed by atoms with Gasteiger partial charge in [0.15, 0.2) is 5.75 Å². The molecule has 0 spiro atoms. The Labute approximate surface area is 476 Å². The van der Waals surface area contributed by atoms with Crippen LogP contribution in [0, 0.1) is 11.6 Å². The zero-order chi connectivity index (χ0) is 60.5. The van der Waals surface area contributed by atoms with Gasteiger partial charge in [0.05, 0.1) is 58.5 Å². The molecule has 0 bridgehead atoms. The minimum absolute atomic E-state index is 0.0284. The molecular weight excluding hydrogens is 1100 g/mol. The van der Waals surface area contributed by atoms with Crippen molar-refractivity contribution >= 4 is 52.7 Å². The number of benzene rings is 9. The summed E-state index contributed by atoms with van der Waals surface area (Å²) < 4.78 is 81.8. The summed E-state index contributed by atoms with van der Waals surface area (Å²) in [5, 5.41) is 35.0. The van der Waals surface area contributed by atoms with Crippen molar-refractivity contribution in [2.24, 2.45) is 0 Å². The molecule has 20 heteroatoms. The van der Waals surface area contributed by atoms with Crippen molar-refractivity contribution < 1.29 is 80.2 Å². The molecule has 0 fully saturated rings. The Bertz CT molecular complexity index is 3890. The Morgan fingerprint density at radius 3 is 1.36 bits per heavy atom. The summed E-state index contributed by atoms with van der Waals surface area (Å²) in [6.45, 7) is 2.54. The Morgan fingerprint density at radius 1 is 0.429 bits per heavy atom. The highest BCUT2D eigenvalue weighted by Gasteiger charge is 2.33. The Kier molecular flexibility index (Phi) is 20.0. The molecular formula is C64H48F5N3O12. The lowest BCUT2D eigenvalue weighted by Gasteiger charge is -2.16. The Hall–Kier alpha value is -11.2. The highest BCUT2D eigenvalue weighted by molar-refractivity contribution is 6.12. The molecule has 0 saturated carbocycles. The number of nitrogens with one attached hydrogen (secondary N) is 3. The molecule has 0 aliphatic heterocycles. The molecule has 9 aromatic rings. The van der Waals surface area contributed by atoms with Gasteiger partial charge >= 0.3 is 24.3 Å². The van der Waals surface area contributed by atoms with Crippen LogP contribution < -0.4 is 30.2 Å². The van der Waals surface area contributed by atoms with E-state index in [1.54, 1.807) is 61.7 Å². The number of rotatable bonds is 16. The molecule has 3 amide bonds. The third-order valence-electron chi connectivity index (χ3n) is 12.1. The quantitative estimate of drug-likeness (QED) is 0.0497. The van der Waals surface area contributed by atoms with E-state index in [1.165, 1.54) is 91.0 Å². The van der Waals surface area contributed by atoms with Crippen molar-refractivity contribution in [2.45, 2.75) is 13.3 Å². The van der Waals surface area contributed by atoms with E-state index in [-0.39, 0.29) is 55.9 Å². The number of carbonyl (C=O) groups excluding carboxylic acids is 3. The lowest BCUT2D eigenvalue weighted by atomic mass is 10.0. The largest absolute Gasteiger partial charge is 0.573 e. The van der Waals surface area contributed by atoms with E-state index in [9.17, 15) is 66.0 Å². The number of halogens is 5. The van der Waals surface area contributed by atoms with Crippen molar-refractivity contribution in [1.29, 1.82) is 0 Å². The van der Waals surface area contributed by atoms with Gasteiger partial charge in [0.1, 0.15) is 23.1 Å². The number of ether oxygens (including phenoxy) is 3. The van der Waals surface area contributed by atoms with Crippen molar-refractivity contribution in [3.8, 4) is 50.6 Å². The van der Waals surface area contributed by atoms with Crippen LogP contribution in [0.3, 0.4) is 0 Å². The first-order chi connectivity index (χ1) is 40.2. The summed E-state index contributed by atoms with van der Waals surface area (Å²) in [5.41, 5.74) is 3.04. The summed E-state index contributed by atoms with van der Waals surface area (Å²) >= 11 is 0. The van der Waals surface area contributed by atoms with E-state index in [2.05, 4.69) is 20.7 Å². The van der Waals surface area contributed by atoms with Gasteiger partial charge in [-0.25, -0.2) is 23.2 Å². The fourth-order valence-electron chi connectivity index (χ4n) is 8.15. The van der Waals surface area contributed by atoms with E-state index in [0.29, 0.717) is 23.6 Å². The average molecular weight is 1150 g/mol. The van der Waals surface area contributed by atoms with E-state index >= 15 is 0 Å². The van der Waals surface area contributed by atoms with Crippen LogP contribution in [0.25, 0.3) is 33.4 Å². The molecule has 0 aromatic heterocycles. The summed E-state index contributed by atoms with van der Waals surface area (Å²) in [6, 6.07) is 52.6. The normalized spacial score (nSPS) is 10.6. The number of anilines is 3. The molecule has 426 valence electrons. The van der Waals surface area contributed by atoms with Gasteiger partial charge in [-0.15, -0.1) is 13.2 Å². The summed E-state index contributed by atoms with van der Waals surface area (Å²) in [5.74, 6) is -6.43. The number of carbonyl (C=O) groups is 6. The highest BCUT2D eigenvalue weighted by atomic mass is 19.4. The zero-order valence-corrected chi connectivity index (χ0v) is 44.2. The average Bonchev–Trinajstić information content (AvgIpc) is 3.39. The zero-order valence-electron chi connectivity index (χ0n) is 44.2. The molecule has 0 unspecified atom stereocenters. The second-order valence-corrected chi connectivity index (χ2v) is 17.6. The first kappa shape index (κ1) is 60.5. The molecule has 6 N–H and O–H groups in total. The summed E-state index contributed by atoms with van der Waals surface area (Å²) in [6.07, 6.45) is -5.08. The third-order valence-corrected chi connectivity index (χ3v) is 12.1. The molecule has 0 aliphatic rings. The van der Waals surface area contributed by atoms with Crippen LogP contribution in [0.5, 0.6) is 17.2 Å². The number of hydrogen-bond donors (Lipinski definition) is 6. The lowest BCUT2D eigenvalue weighted by molar-refractivity contribution is -0.274. The van der Waals surface area contributed by atoms with E-state index in [0.717, 1.165) is 40.6 Å². The molecule has 9 rings (SSSR count). The Morgan fingerprint density at radius 2 is 0.857 bits per heavy atom. The molecule has 0 heterocycles. The third kappa shape index (κ3) is 16.0. The number of methoxy groups -OCH3 is 1. The van der Waals surface area contributed by atoms with Gasteiger partial charge in [-0.3, -0.25) is 14.4 Å². The number of aromatic carboxylic acids is 3. The molecule has 0 atom stereocenters. The van der Waals surface area contributed by atoms with Gasteiger partial charge in [-0.05, 0) is 138 Å². The van der Waals surface area contributed by atoms with Gasteiger partial charge in [0, 0.05) is 11.3 Å². The second-order valence-electron chi connectivity index (χ2n) is 17.6. The van der Waals surface area contributed by atoms with Crippen LogP contribution in [0.1, 0.15) is 69.1 Å². The number of hydrogen-bond acceptors (Lipinski definition) is 9. The van der Waals surface area contributed by atoms with Crippen LogP contribution in [-0.2, 0) is 0 Å². The minimum Gasteiger partial charge on any atom is -0.497 e. The van der Waals surface area contributed by atoms with Crippen LogP contribution >= 0.6 is 0 Å². The topological polar surface area (TPSA) is 227 Å². The van der Waals surface area contributed by atoms with Gasteiger partial charge < -0.3 is 45.5 Å². The maximum absolute atomic E-state index is 14.5. The monoisotopic (exact) mass is 1150 g/mol. The van der Waals surface area contributed by atoms with Gasteiger partial charge in [0.2, 0.25) is 0 Å². The molecule has 9 aromatic carbocycles. The first-order valence-corrected chi connectivity index (χ1v) is 25.1. The maximum atomic E-state index is 14.5. The van der Waals surface area contributed by atoms with Crippen molar-refractivity contribution in [2.75, 3.05) is 29.7 Å². The smallest absolute Gasteiger partial charge is 0.497 e. The second kappa shape index (κ2) is 27.8. The predicted molar refractivity (Wildman–Crippen MR) is 304 cm³/mol. The fraction of sp³-hybridized carbons (Fsp3) is 0.0625. The highest BCUT2D eigenvalue weighted by Crippen LogP contribution is 2.36. The lowest BCUT2D eigenvalue weighted by Crippen LogP contribution is -2.20. The van der Waals surface area contributed by atoms with Gasteiger partial charge in [-0.1, -0.05) is 103 Å². The predicted octanol–water partition coefficient (Wildman–Crippen LogP) is 14.5. The van der Waals surface area contributed by atoms with Crippen molar-refractivity contribution in [3.63, 3.8) is 0 Å². The molecule has 0 aliphatic carbocycles. The Balaban J connectivity index is 0.000000181. The van der Waals surface area contributed by atoms with Crippen LogP contribution in [0.4, 0.5) is 39.0 Å². The SMILES string of the molecule is CCOc1cccc(-c2ccc(NC(=O)c3ccccc3C(=O)O)cc2)c1.COc1cccc(-c2ccc(NC(=O)c3ccccc3C(=O)O)c(F)c2)c1.O=C(O)c1ccccc1C(=O)Nc1ccc(-c2ccccc2F)cc1OC(F)(F)F. The number of amides is 3. The maximum Gasteiger partial charge on any atom is 0.573 e. The van der Waals surface area contributed by atoms with Crippen LogP contribution in [0.2, 0.25) is 0 Å². The number of carboxylic acid groups (broad SMARTS) is 3. The summed E-state index contributed by atoms with van der Waals surface area (Å²) in [7, 11) is 1.55. The van der Waals surface area contributed by atoms with Crippen LogP contribution in [-0.4, -0.2) is 71.0 Å². The number of alkyl halides is 3. The van der Waals surface area contributed by atoms with E-state index in [4.69, 9.17) is 9.47 Å². The number of carboxylic acids is 3. The van der Waals surface area contributed by atoms with Crippen molar-refractivity contribution in [3.05, 3.63) is 251 Å². The van der Waals surface area contributed by atoms with E-state index < -0.39 is 59.4 Å². The van der Waals surface area contributed by atoms with E-state index in [1.807, 2.05) is 49.4 Å². The standard InChI is InChI=1S/C22H19NO4.C21H13F4NO4.C21H16FNO4/c1-2-27-18-7-5-6-16(14-18)15-10-12-17(13-11-15)23-21(24)19-8-3-4-9-20(19)22(25)26;22-16-8-4-3-5-13(16)12-9-10-17(18(11-12)30-21(23,24)25)26-19(27)14-6-1-2-7-15(14)20(28)29;1-27-15-6-4-5-13(11-15)14-9-10-19(18(22)12-14)23-20(24)16-7-2-3-8-17(16)21(25)26/h3-14H,2H2,1H3,(H,23,24)(H,25,26);1-11H,(H,26,27)(H,28,29);2-12H,1H3,(H,23,24)(H,25,26). The first-order valence-electron chi connectivity index (χ1n) is 25.1. The van der Waals surface area contributed by atoms with Crippen molar-refractivity contribution in [1.82, 2.24) is 0 Å². The van der Waals surface area contributed by atoms with Gasteiger partial charge in [-0.2, -0.15) is 0 Å². The minimum atomic E-state index is -5.08.